The number of aryl methyl sites for hydroxylation is 1. The van der Waals surface area contributed by atoms with Crippen molar-refractivity contribution in [1.29, 1.82) is 0 Å². The number of benzene rings is 1. The third-order valence-electron chi connectivity index (χ3n) is 4.17. The van der Waals surface area contributed by atoms with Crippen LogP contribution in [0.25, 0.3) is 0 Å². The van der Waals surface area contributed by atoms with Gasteiger partial charge in [-0.25, -0.2) is 0 Å². The highest BCUT2D eigenvalue weighted by molar-refractivity contribution is 14.1. The monoisotopic (exact) mass is 604 g/mol. The maximum atomic E-state index is 6.35. The fraction of sp³-hybridized carbons (Fsp3) is 0.700. The van der Waals surface area contributed by atoms with Gasteiger partial charge in [-0.1, -0.05) is 40.0 Å². The molecular formula is C20H34I2O3Si. The van der Waals surface area contributed by atoms with Gasteiger partial charge in [-0.3, -0.25) is 0 Å². The highest BCUT2D eigenvalue weighted by atomic mass is 127. The summed E-state index contributed by atoms with van der Waals surface area (Å²) in [6.07, 6.45) is 7.51. The van der Waals surface area contributed by atoms with Crippen LogP contribution in [-0.4, -0.2) is 28.6 Å². The van der Waals surface area contributed by atoms with Gasteiger partial charge in [0, 0.05) is 33.0 Å². The summed E-state index contributed by atoms with van der Waals surface area (Å²) in [4.78, 5) is 0. The van der Waals surface area contributed by atoms with Gasteiger partial charge >= 0.3 is 8.80 Å². The van der Waals surface area contributed by atoms with E-state index in [0.717, 1.165) is 70.8 Å². The molecule has 1 aromatic rings. The van der Waals surface area contributed by atoms with E-state index in [9.17, 15) is 0 Å². The van der Waals surface area contributed by atoms with Crippen molar-refractivity contribution in [3.8, 4) is 0 Å². The van der Waals surface area contributed by atoms with E-state index >= 15 is 0 Å². The van der Waals surface area contributed by atoms with Crippen LogP contribution >= 0.6 is 45.2 Å². The molecule has 0 amide bonds. The highest BCUT2D eigenvalue weighted by Gasteiger charge is 2.40. The predicted octanol–water partition coefficient (Wildman–Crippen LogP) is 6.83. The van der Waals surface area contributed by atoms with E-state index in [1.807, 2.05) is 0 Å². The largest absolute Gasteiger partial charge is 0.501 e. The molecule has 0 bridgehead atoms. The molecule has 0 saturated carbocycles. The molecule has 150 valence electrons. The maximum absolute atomic E-state index is 6.35. The highest BCUT2D eigenvalue weighted by Crippen LogP contribution is 2.24. The molecule has 0 aromatic heterocycles. The lowest BCUT2D eigenvalue weighted by Gasteiger charge is -2.30. The molecule has 0 saturated heterocycles. The van der Waals surface area contributed by atoms with Crippen molar-refractivity contribution in [3.63, 3.8) is 0 Å². The average molecular weight is 604 g/mol. The number of unbranched alkanes of at least 4 members (excludes halogenated alkanes) is 3. The third-order valence-corrected chi connectivity index (χ3v) is 8.69. The topological polar surface area (TPSA) is 27.7 Å². The summed E-state index contributed by atoms with van der Waals surface area (Å²) >= 11 is 4.80. The van der Waals surface area contributed by atoms with Gasteiger partial charge < -0.3 is 13.3 Å². The Morgan fingerprint density at radius 2 is 1.31 bits per heavy atom. The van der Waals surface area contributed by atoms with Crippen molar-refractivity contribution >= 4 is 54.0 Å². The summed E-state index contributed by atoms with van der Waals surface area (Å²) in [5, 5.41) is 0. The lowest BCUT2D eigenvalue weighted by atomic mass is 10.2. The Morgan fingerprint density at radius 1 is 0.808 bits per heavy atom. The molecule has 26 heavy (non-hydrogen) atoms. The van der Waals surface area contributed by atoms with E-state index in [-0.39, 0.29) is 0 Å². The van der Waals surface area contributed by atoms with Gasteiger partial charge in [-0.05, 0) is 94.6 Å². The van der Waals surface area contributed by atoms with Gasteiger partial charge in [0.2, 0.25) is 0 Å². The molecule has 0 unspecified atom stereocenters. The van der Waals surface area contributed by atoms with Crippen LogP contribution in [0.5, 0.6) is 0 Å². The fourth-order valence-electron chi connectivity index (χ4n) is 2.48. The summed E-state index contributed by atoms with van der Waals surface area (Å²) in [5.74, 6) is 0. The van der Waals surface area contributed by atoms with Crippen molar-refractivity contribution in [3.05, 3.63) is 30.9 Å². The number of hydrogen-bond donors (Lipinski definition) is 0. The first kappa shape index (κ1) is 24.8. The van der Waals surface area contributed by atoms with Gasteiger partial charge in [0.15, 0.2) is 0 Å². The fourth-order valence-corrected chi connectivity index (χ4v) is 6.27. The van der Waals surface area contributed by atoms with Crippen molar-refractivity contribution in [2.24, 2.45) is 0 Å². The second-order valence-electron chi connectivity index (χ2n) is 6.52. The van der Waals surface area contributed by atoms with Gasteiger partial charge in [0.05, 0.1) is 0 Å². The molecule has 0 fully saturated rings. The first-order valence-electron chi connectivity index (χ1n) is 9.92. The van der Waals surface area contributed by atoms with Crippen LogP contribution in [0.4, 0.5) is 0 Å². The van der Waals surface area contributed by atoms with E-state index in [4.69, 9.17) is 13.3 Å². The standard InChI is InChI=1S/C20H34I2O3Si/c1-4-7-13-23-26(24-14-8-5-2,25-15-9-6-3)16-12-18-17-19(21)10-11-20(18)22/h10-11,17H,4-9,12-16H2,1-3H3. The molecule has 0 aliphatic rings. The summed E-state index contributed by atoms with van der Waals surface area (Å²) in [5.41, 5.74) is 1.37. The molecule has 0 spiro atoms. The zero-order valence-corrected chi connectivity index (χ0v) is 21.8. The third kappa shape index (κ3) is 9.82. The van der Waals surface area contributed by atoms with Crippen molar-refractivity contribution in [2.45, 2.75) is 71.8 Å². The molecule has 1 aromatic carbocycles. The van der Waals surface area contributed by atoms with Crippen molar-refractivity contribution < 1.29 is 13.3 Å². The van der Waals surface area contributed by atoms with Crippen LogP contribution < -0.4 is 0 Å². The van der Waals surface area contributed by atoms with E-state index in [1.54, 1.807) is 0 Å². The zero-order valence-electron chi connectivity index (χ0n) is 16.5. The molecule has 0 atom stereocenters. The second kappa shape index (κ2) is 14.7. The molecule has 1 rings (SSSR count). The van der Waals surface area contributed by atoms with Gasteiger partial charge in [0.1, 0.15) is 0 Å². The average Bonchev–Trinajstić information content (AvgIpc) is 2.63. The van der Waals surface area contributed by atoms with Crippen LogP contribution in [-0.2, 0) is 19.7 Å². The number of rotatable bonds is 15. The summed E-state index contributed by atoms with van der Waals surface area (Å²) in [6, 6.07) is 7.48. The Balaban J connectivity index is 2.86. The molecule has 0 radical (unpaired) electrons. The summed E-state index contributed by atoms with van der Waals surface area (Å²) < 4.78 is 21.6. The summed E-state index contributed by atoms with van der Waals surface area (Å²) in [6.45, 7) is 8.80. The lowest BCUT2D eigenvalue weighted by molar-refractivity contribution is 0.0563. The van der Waals surface area contributed by atoms with E-state index in [0.29, 0.717) is 0 Å². The van der Waals surface area contributed by atoms with Crippen molar-refractivity contribution in [1.82, 2.24) is 0 Å². The van der Waals surface area contributed by atoms with Gasteiger partial charge in [-0.2, -0.15) is 0 Å². The molecule has 0 aliphatic heterocycles. The van der Waals surface area contributed by atoms with E-state index in [1.165, 1.54) is 12.7 Å². The zero-order chi connectivity index (χ0) is 19.3. The van der Waals surface area contributed by atoms with Crippen LogP contribution in [0, 0.1) is 7.14 Å². The molecule has 0 N–H and O–H groups in total. The Morgan fingerprint density at radius 3 is 1.77 bits per heavy atom. The number of halogens is 2. The first-order chi connectivity index (χ1) is 12.6. The molecule has 3 nitrogen and oxygen atoms in total. The molecule has 6 heteroatoms. The molecule has 0 heterocycles. The number of hydrogen-bond acceptors (Lipinski definition) is 3. The van der Waals surface area contributed by atoms with E-state index in [2.05, 4.69) is 84.2 Å². The van der Waals surface area contributed by atoms with Crippen LogP contribution in [0.15, 0.2) is 18.2 Å². The first-order valence-corrected chi connectivity index (χ1v) is 14.0. The Hall–Kier alpha value is 0.777. The predicted molar refractivity (Wildman–Crippen MR) is 129 cm³/mol. The second-order valence-corrected chi connectivity index (χ2v) is 11.7. The molecule has 0 aliphatic carbocycles. The smallest absolute Gasteiger partial charge is 0.373 e. The van der Waals surface area contributed by atoms with Crippen molar-refractivity contribution in [2.75, 3.05) is 19.8 Å². The summed E-state index contributed by atoms with van der Waals surface area (Å²) in [7, 11) is -2.64. The minimum absolute atomic E-state index is 0.740. The SMILES string of the molecule is CCCCO[Si](CCc1cc(I)ccc1I)(OCCCC)OCCCC. The Labute approximate surface area is 188 Å². The van der Waals surface area contributed by atoms with Crippen LogP contribution in [0.1, 0.15) is 64.9 Å². The van der Waals surface area contributed by atoms with Gasteiger partial charge in [0.25, 0.3) is 0 Å². The maximum Gasteiger partial charge on any atom is 0.501 e. The quantitative estimate of drug-likeness (QED) is 0.125. The Kier molecular flexibility index (Phi) is 14.1. The minimum atomic E-state index is -2.64. The minimum Gasteiger partial charge on any atom is -0.373 e. The lowest BCUT2D eigenvalue weighted by Crippen LogP contribution is -2.47. The van der Waals surface area contributed by atoms with Gasteiger partial charge in [-0.15, -0.1) is 0 Å². The Bertz CT molecular complexity index is 473. The van der Waals surface area contributed by atoms with Crippen LogP contribution in [0.2, 0.25) is 6.04 Å². The molecular weight excluding hydrogens is 570 g/mol. The van der Waals surface area contributed by atoms with Crippen LogP contribution in [0.3, 0.4) is 0 Å². The normalized spacial score (nSPS) is 11.9. The van der Waals surface area contributed by atoms with E-state index < -0.39 is 8.80 Å².